The Morgan fingerprint density at radius 2 is 2.33 bits per heavy atom. The summed E-state index contributed by atoms with van der Waals surface area (Å²) in [6.45, 7) is 3.65. The molecule has 21 heavy (non-hydrogen) atoms. The van der Waals surface area contributed by atoms with Crippen molar-refractivity contribution in [2.45, 2.75) is 38.8 Å². The van der Waals surface area contributed by atoms with Crippen LogP contribution in [0.5, 0.6) is 0 Å². The van der Waals surface area contributed by atoms with Crippen molar-refractivity contribution in [1.82, 2.24) is 10.2 Å². The summed E-state index contributed by atoms with van der Waals surface area (Å²) in [4.78, 5) is 25.1. The molecule has 1 aliphatic heterocycles. The molecule has 1 aromatic heterocycles. The average Bonchev–Trinajstić information content (AvgIpc) is 3.13. The summed E-state index contributed by atoms with van der Waals surface area (Å²) < 4.78 is 10.7. The molecule has 1 aliphatic rings. The number of amides is 2. The summed E-state index contributed by atoms with van der Waals surface area (Å²) in [5.41, 5.74) is 0. The smallest absolute Gasteiger partial charge is 0.222 e. The molecule has 1 fully saturated rings. The first kappa shape index (κ1) is 15.6. The van der Waals surface area contributed by atoms with Crippen molar-refractivity contribution in [3.05, 3.63) is 24.2 Å². The van der Waals surface area contributed by atoms with Crippen LogP contribution in [0, 0.1) is 0 Å². The summed E-state index contributed by atoms with van der Waals surface area (Å²) in [5.74, 6) is 0.598. The first-order chi connectivity index (χ1) is 10.1. The molecule has 1 aromatic rings. The van der Waals surface area contributed by atoms with Gasteiger partial charge in [0.15, 0.2) is 0 Å². The number of carbonyl (C=O) groups is 2. The SMILES string of the molecule is CC(=O)N(CCC(=O)NCc1ccco1)CC1CCCO1. The molecule has 0 saturated carbocycles. The molecule has 2 heterocycles. The van der Waals surface area contributed by atoms with Crippen molar-refractivity contribution in [1.29, 1.82) is 0 Å². The Kier molecular flexibility index (Phi) is 5.80. The molecule has 6 nitrogen and oxygen atoms in total. The van der Waals surface area contributed by atoms with Gasteiger partial charge in [-0.3, -0.25) is 9.59 Å². The van der Waals surface area contributed by atoms with Crippen molar-refractivity contribution < 1.29 is 18.7 Å². The van der Waals surface area contributed by atoms with Gasteiger partial charge in [0.25, 0.3) is 0 Å². The molecule has 1 saturated heterocycles. The lowest BCUT2D eigenvalue weighted by atomic mass is 10.2. The van der Waals surface area contributed by atoms with E-state index < -0.39 is 0 Å². The minimum absolute atomic E-state index is 0.0238. The summed E-state index contributed by atoms with van der Waals surface area (Å²) in [5, 5.41) is 2.77. The zero-order valence-electron chi connectivity index (χ0n) is 12.3. The van der Waals surface area contributed by atoms with E-state index in [4.69, 9.17) is 9.15 Å². The van der Waals surface area contributed by atoms with Crippen LogP contribution < -0.4 is 5.32 Å². The van der Waals surface area contributed by atoms with Gasteiger partial charge < -0.3 is 19.4 Å². The van der Waals surface area contributed by atoms with Gasteiger partial charge in [-0.15, -0.1) is 0 Å². The van der Waals surface area contributed by atoms with Crippen LogP contribution in [0.15, 0.2) is 22.8 Å². The molecule has 0 aliphatic carbocycles. The molecule has 0 spiro atoms. The number of hydrogen-bond acceptors (Lipinski definition) is 4. The number of ether oxygens (including phenoxy) is 1. The first-order valence-electron chi connectivity index (χ1n) is 7.31. The average molecular weight is 294 g/mol. The van der Waals surface area contributed by atoms with E-state index in [1.54, 1.807) is 23.3 Å². The molecule has 2 amide bonds. The van der Waals surface area contributed by atoms with Gasteiger partial charge >= 0.3 is 0 Å². The maximum atomic E-state index is 11.8. The van der Waals surface area contributed by atoms with Gasteiger partial charge in [0, 0.05) is 33.0 Å². The number of rotatable bonds is 7. The molecule has 2 rings (SSSR count). The molecule has 1 unspecified atom stereocenters. The quantitative estimate of drug-likeness (QED) is 0.823. The maximum absolute atomic E-state index is 11.8. The van der Waals surface area contributed by atoms with Crippen LogP contribution in [-0.2, 0) is 20.9 Å². The van der Waals surface area contributed by atoms with E-state index >= 15 is 0 Å². The lowest BCUT2D eigenvalue weighted by molar-refractivity contribution is -0.131. The molecule has 0 radical (unpaired) electrons. The van der Waals surface area contributed by atoms with Gasteiger partial charge in [0.05, 0.1) is 18.9 Å². The fraction of sp³-hybridized carbons (Fsp3) is 0.600. The van der Waals surface area contributed by atoms with E-state index in [1.807, 2.05) is 0 Å². The number of carbonyl (C=O) groups excluding carboxylic acids is 2. The van der Waals surface area contributed by atoms with E-state index in [1.165, 1.54) is 6.92 Å². The van der Waals surface area contributed by atoms with Crippen molar-refractivity contribution >= 4 is 11.8 Å². The molecule has 1 atom stereocenters. The summed E-state index contributed by atoms with van der Waals surface area (Å²) in [6.07, 6.45) is 3.99. The van der Waals surface area contributed by atoms with E-state index in [0.717, 1.165) is 19.4 Å². The molecular formula is C15H22N2O4. The Balaban J connectivity index is 1.70. The maximum Gasteiger partial charge on any atom is 0.222 e. The third-order valence-electron chi connectivity index (χ3n) is 3.54. The van der Waals surface area contributed by atoms with Gasteiger partial charge in [-0.1, -0.05) is 0 Å². The Hall–Kier alpha value is -1.82. The number of hydrogen-bond donors (Lipinski definition) is 1. The van der Waals surface area contributed by atoms with Gasteiger partial charge in [0.1, 0.15) is 5.76 Å². The van der Waals surface area contributed by atoms with Gasteiger partial charge in [-0.2, -0.15) is 0 Å². The third-order valence-corrected chi connectivity index (χ3v) is 3.54. The van der Waals surface area contributed by atoms with Crippen LogP contribution in [-0.4, -0.2) is 42.5 Å². The van der Waals surface area contributed by atoms with Crippen LogP contribution in [0.4, 0.5) is 0 Å². The summed E-state index contributed by atoms with van der Waals surface area (Å²) in [7, 11) is 0. The Labute approximate surface area is 124 Å². The second-order valence-electron chi connectivity index (χ2n) is 5.21. The topological polar surface area (TPSA) is 71.8 Å². The highest BCUT2D eigenvalue weighted by Crippen LogP contribution is 2.13. The molecule has 0 aromatic carbocycles. The zero-order valence-corrected chi connectivity index (χ0v) is 12.3. The highest BCUT2D eigenvalue weighted by atomic mass is 16.5. The normalized spacial score (nSPS) is 17.7. The Bertz CT molecular complexity index is 452. The lowest BCUT2D eigenvalue weighted by Crippen LogP contribution is -2.38. The minimum Gasteiger partial charge on any atom is -0.467 e. The first-order valence-corrected chi connectivity index (χ1v) is 7.31. The minimum atomic E-state index is -0.0926. The predicted molar refractivity (Wildman–Crippen MR) is 76.4 cm³/mol. The van der Waals surface area contributed by atoms with Crippen LogP contribution in [0.2, 0.25) is 0 Å². The summed E-state index contributed by atoms with van der Waals surface area (Å²) in [6, 6.07) is 3.58. The number of furan rings is 1. The van der Waals surface area contributed by atoms with Crippen molar-refractivity contribution in [3.8, 4) is 0 Å². The largest absolute Gasteiger partial charge is 0.467 e. The zero-order chi connectivity index (χ0) is 15.1. The number of nitrogens with zero attached hydrogens (tertiary/aromatic N) is 1. The predicted octanol–water partition coefficient (Wildman–Crippen LogP) is 1.31. The van der Waals surface area contributed by atoms with Gasteiger partial charge in [-0.05, 0) is 25.0 Å². The van der Waals surface area contributed by atoms with E-state index in [0.29, 0.717) is 25.4 Å². The molecule has 116 valence electrons. The fourth-order valence-corrected chi connectivity index (χ4v) is 2.34. The Morgan fingerprint density at radius 3 is 2.95 bits per heavy atom. The van der Waals surface area contributed by atoms with Gasteiger partial charge in [0.2, 0.25) is 11.8 Å². The third kappa shape index (κ3) is 5.23. The van der Waals surface area contributed by atoms with Crippen molar-refractivity contribution in [2.24, 2.45) is 0 Å². The summed E-state index contributed by atoms with van der Waals surface area (Å²) >= 11 is 0. The molecule has 1 N–H and O–H groups in total. The monoisotopic (exact) mass is 294 g/mol. The van der Waals surface area contributed by atoms with Crippen LogP contribution >= 0.6 is 0 Å². The van der Waals surface area contributed by atoms with Crippen LogP contribution in [0.3, 0.4) is 0 Å². The fourth-order valence-electron chi connectivity index (χ4n) is 2.34. The number of nitrogens with one attached hydrogen (secondary N) is 1. The van der Waals surface area contributed by atoms with Crippen molar-refractivity contribution in [2.75, 3.05) is 19.7 Å². The highest BCUT2D eigenvalue weighted by Gasteiger charge is 2.21. The second-order valence-corrected chi connectivity index (χ2v) is 5.21. The van der Waals surface area contributed by atoms with Crippen LogP contribution in [0.1, 0.15) is 31.9 Å². The standard InChI is InChI=1S/C15H22N2O4/c1-12(18)17(11-14-5-3-9-21-14)7-6-15(19)16-10-13-4-2-8-20-13/h2,4,8,14H,3,5-7,9-11H2,1H3,(H,16,19). The molecule has 6 heteroatoms. The van der Waals surface area contributed by atoms with Crippen LogP contribution in [0.25, 0.3) is 0 Å². The Morgan fingerprint density at radius 1 is 1.48 bits per heavy atom. The van der Waals surface area contributed by atoms with E-state index in [-0.39, 0.29) is 24.3 Å². The molecule has 0 bridgehead atoms. The van der Waals surface area contributed by atoms with Crippen molar-refractivity contribution in [3.63, 3.8) is 0 Å². The van der Waals surface area contributed by atoms with E-state index in [2.05, 4.69) is 5.32 Å². The highest BCUT2D eigenvalue weighted by molar-refractivity contribution is 5.77. The second kappa shape index (κ2) is 7.83. The van der Waals surface area contributed by atoms with E-state index in [9.17, 15) is 9.59 Å². The lowest BCUT2D eigenvalue weighted by Gasteiger charge is -2.23. The molecular weight excluding hydrogens is 272 g/mol. The van der Waals surface area contributed by atoms with Gasteiger partial charge in [-0.25, -0.2) is 0 Å².